The number of ether oxygens (including phenoxy) is 1. The molecule has 1 aliphatic carbocycles. The Morgan fingerprint density at radius 1 is 1.27 bits per heavy atom. The number of aliphatic carboxylic acids is 1. The second-order valence-corrected chi connectivity index (χ2v) is 9.67. The molecule has 1 aromatic heterocycles. The Morgan fingerprint density at radius 3 is 2.53 bits per heavy atom. The van der Waals surface area contributed by atoms with Crippen molar-refractivity contribution in [3.63, 3.8) is 0 Å². The zero-order valence-corrected chi connectivity index (χ0v) is 18.6. The Balaban J connectivity index is 1.71. The van der Waals surface area contributed by atoms with E-state index in [1.807, 2.05) is 31.7 Å². The van der Waals surface area contributed by atoms with Gasteiger partial charge in [0.2, 0.25) is 0 Å². The van der Waals surface area contributed by atoms with Crippen LogP contribution in [0, 0.1) is 5.92 Å². The summed E-state index contributed by atoms with van der Waals surface area (Å²) in [6, 6.07) is 3.83. The van der Waals surface area contributed by atoms with Crippen LogP contribution in [0.1, 0.15) is 71.4 Å². The van der Waals surface area contributed by atoms with Crippen molar-refractivity contribution in [1.82, 2.24) is 9.88 Å². The van der Waals surface area contributed by atoms with E-state index in [-0.39, 0.29) is 12.1 Å². The predicted octanol–water partition coefficient (Wildman–Crippen LogP) is 4.28. The van der Waals surface area contributed by atoms with E-state index < -0.39 is 17.5 Å². The van der Waals surface area contributed by atoms with Gasteiger partial charge in [0.15, 0.2) is 0 Å². The van der Waals surface area contributed by atoms with Gasteiger partial charge in [-0.2, -0.15) is 0 Å². The highest BCUT2D eigenvalue weighted by Gasteiger charge is 2.34. The van der Waals surface area contributed by atoms with Gasteiger partial charge in [-0.25, -0.2) is 4.79 Å². The van der Waals surface area contributed by atoms with Crippen LogP contribution in [0.15, 0.2) is 18.3 Å². The maximum absolute atomic E-state index is 13.0. The third kappa shape index (κ3) is 5.64. The van der Waals surface area contributed by atoms with Crippen molar-refractivity contribution >= 4 is 17.7 Å². The minimum absolute atomic E-state index is 0.104. The predicted molar refractivity (Wildman–Crippen MR) is 116 cm³/mol. The molecule has 2 heterocycles. The number of carboxylic acid groups (broad SMARTS) is 1. The summed E-state index contributed by atoms with van der Waals surface area (Å²) in [4.78, 5) is 32.7. The molecule has 2 atom stereocenters. The fourth-order valence-corrected chi connectivity index (χ4v) is 4.06. The van der Waals surface area contributed by atoms with Gasteiger partial charge in [-0.15, -0.1) is 0 Å². The van der Waals surface area contributed by atoms with Crippen molar-refractivity contribution in [2.45, 2.75) is 77.4 Å². The van der Waals surface area contributed by atoms with Crippen LogP contribution in [-0.4, -0.2) is 58.3 Å². The van der Waals surface area contributed by atoms with Gasteiger partial charge in [0.25, 0.3) is 0 Å². The number of hydrogen-bond acceptors (Lipinski definition) is 5. The van der Waals surface area contributed by atoms with Crippen molar-refractivity contribution in [2.24, 2.45) is 5.92 Å². The van der Waals surface area contributed by atoms with Gasteiger partial charge in [-0.1, -0.05) is 6.42 Å². The molecular formula is C23H35N3O4. The van der Waals surface area contributed by atoms with Crippen LogP contribution >= 0.6 is 0 Å². The van der Waals surface area contributed by atoms with Crippen molar-refractivity contribution in [3.05, 3.63) is 24.0 Å². The fourth-order valence-electron chi connectivity index (χ4n) is 4.06. The number of carbonyl (C=O) groups is 2. The molecule has 0 bridgehead atoms. The van der Waals surface area contributed by atoms with Gasteiger partial charge < -0.3 is 19.6 Å². The monoisotopic (exact) mass is 417 g/mol. The Morgan fingerprint density at radius 2 is 2.00 bits per heavy atom. The summed E-state index contributed by atoms with van der Waals surface area (Å²) in [5, 5.41) is 9.18. The van der Waals surface area contributed by atoms with Crippen molar-refractivity contribution in [3.8, 4) is 0 Å². The number of anilines is 1. The molecule has 0 aromatic carbocycles. The minimum atomic E-state index is -0.878. The van der Waals surface area contributed by atoms with Gasteiger partial charge in [-0.05, 0) is 71.4 Å². The molecule has 30 heavy (non-hydrogen) atoms. The minimum Gasteiger partial charge on any atom is -0.481 e. The van der Waals surface area contributed by atoms with Gasteiger partial charge in [-0.3, -0.25) is 9.78 Å². The van der Waals surface area contributed by atoms with Crippen LogP contribution in [0.5, 0.6) is 0 Å². The van der Waals surface area contributed by atoms with Crippen LogP contribution in [0.25, 0.3) is 0 Å². The largest absolute Gasteiger partial charge is 0.481 e. The first kappa shape index (κ1) is 22.4. The smallest absolute Gasteiger partial charge is 0.410 e. The van der Waals surface area contributed by atoms with Crippen molar-refractivity contribution in [2.75, 3.05) is 24.5 Å². The second kappa shape index (κ2) is 9.23. The normalized spacial score (nSPS) is 20.9. The number of hydrogen-bond donors (Lipinski definition) is 1. The maximum Gasteiger partial charge on any atom is 0.410 e. The third-order valence-corrected chi connectivity index (χ3v) is 6.09. The van der Waals surface area contributed by atoms with E-state index in [9.17, 15) is 14.7 Å². The molecule has 7 nitrogen and oxygen atoms in total. The van der Waals surface area contributed by atoms with E-state index in [0.29, 0.717) is 11.6 Å². The first-order valence-electron chi connectivity index (χ1n) is 11.1. The first-order chi connectivity index (χ1) is 14.1. The highest BCUT2D eigenvalue weighted by molar-refractivity contribution is 5.75. The lowest BCUT2D eigenvalue weighted by Crippen LogP contribution is -2.53. The lowest BCUT2D eigenvalue weighted by Gasteiger charge is -2.43. The summed E-state index contributed by atoms with van der Waals surface area (Å²) in [6.07, 6.45) is 7.10. The molecule has 3 rings (SSSR count). The van der Waals surface area contributed by atoms with Gasteiger partial charge in [0.1, 0.15) is 5.60 Å². The lowest BCUT2D eigenvalue weighted by atomic mass is 9.84. The molecule has 0 radical (unpaired) electrons. The van der Waals surface area contributed by atoms with Crippen LogP contribution in [0.4, 0.5) is 10.5 Å². The second-order valence-electron chi connectivity index (χ2n) is 9.67. The third-order valence-electron chi connectivity index (χ3n) is 6.09. The molecule has 1 amide bonds. The number of aromatic nitrogens is 1. The zero-order chi connectivity index (χ0) is 21.9. The molecule has 2 aliphatic rings. The van der Waals surface area contributed by atoms with Crippen LogP contribution in [-0.2, 0) is 9.53 Å². The highest BCUT2D eigenvalue weighted by Crippen LogP contribution is 2.31. The average Bonchev–Trinajstić information content (AvgIpc) is 2.65. The number of nitrogens with zero attached hydrogens (tertiary/aromatic N) is 3. The van der Waals surface area contributed by atoms with E-state index in [0.717, 1.165) is 38.2 Å². The number of carboxylic acids is 1. The molecule has 1 unspecified atom stereocenters. The summed E-state index contributed by atoms with van der Waals surface area (Å²) in [5.41, 5.74) is 1.01. The molecule has 1 saturated heterocycles. The molecule has 1 aliphatic heterocycles. The van der Waals surface area contributed by atoms with Gasteiger partial charge in [0.05, 0.1) is 29.5 Å². The molecule has 7 heteroatoms. The fraction of sp³-hybridized carbons (Fsp3) is 0.696. The quantitative estimate of drug-likeness (QED) is 0.744. The Kier molecular flexibility index (Phi) is 6.88. The van der Waals surface area contributed by atoms with Crippen molar-refractivity contribution < 1.29 is 19.4 Å². The number of pyridine rings is 1. The Labute approximate surface area is 179 Å². The zero-order valence-electron chi connectivity index (χ0n) is 18.6. The summed E-state index contributed by atoms with van der Waals surface area (Å²) < 4.78 is 5.73. The Bertz CT molecular complexity index is 740. The van der Waals surface area contributed by atoms with E-state index in [1.165, 1.54) is 19.3 Å². The number of amides is 1. The Hall–Kier alpha value is -2.31. The maximum atomic E-state index is 13.0. The molecule has 0 spiro atoms. The SMILES string of the molecule is CC(C(=O)O)c1ccc(N2CCC[C@@H](N(CC3CCC3)C(=O)OC(C)(C)C)C2)cn1. The molecule has 1 N–H and O–H groups in total. The first-order valence-corrected chi connectivity index (χ1v) is 11.1. The lowest BCUT2D eigenvalue weighted by molar-refractivity contribution is -0.138. The molecule has 166 valence electrons. The van der Waals surface area contributed by atoms with Crippen LogP contribution < -0.4 is 4.90 Å². The van der Waals surface area contributed by atoms with Gasteiger partial charge in [0, 0.05) is 19.6 Å². The molecular weight excluding hydrogens is 382 g/mol. The molecule has 2 fully saturated rings. The summed E-state index contributed by atoms with van der Waals surface area (Å²) >= 11 is 0. The molecule has 1 aromatic rings. The van der Waals surface area contributed by atoms with Crippen molar-refractivity contribution in [1.29, 1.82) is 0 Å². The highest BCUT2D eigenvalue weighted by atomic mass is 16.6. The number of rotatable bonds is 6. The van der Waals surface area contributed by atoms with Crippen LogP contribution in [0.2, 0.25) is 0 Å². The summed E-state index contributed by atoms with van der Waals surface area (Å²) in [5.74, 6) is -0.929. The van der Waals surface area contributed by atoms with Crippen LogP contribution in [0.3, 0.4) is 0 Å². The van der Waals surface area contributed by atoms with E-state index in [2.05, 4.69) is 9.88 Å². The molecule has 1 saturated carbocycles. The number of piperidine rings is 1. The number of carbonyl (C=O) groups excluding carboxylic acids is 1. The van der Waals surface area contributed by atoms with E-state index in [4.69, 9.17) is 4.74 Å². The van der Waals surface area contributed by atoms with Gasteiger partial charge >= 0.3 is 12.1 Å². The summed E-state index contributed by atoms with van der Waals surface area (Å²) in [7, 11) is 0. The van der Waals surface area contributed by atoms with E-state index >= 15 is 0 Å². The average molecular weight is 418 g/mol. The standard InChI is InChI=1S/C23H35N3O4/c1-16(21(27)28)20-11-10-18(13-24-20)25-12-6-9-19(15-25)26(14-17-7-5-8-17)22(29)30-23(2,3)4/h10-11,13,16-17,19H,5-9,12,14-15H2,1-4H3,(H,27,28)/t16?,19-/m1/s1. The topological polar surface area (TPSA) is 83.0 Å². The van der Waals surface area contributed by atoms with E-state index in [1.54, 1.807) is 19.2 Å². The summed E-state index contributed by atoms with van der Waals surface area (Å²) in [6.45, 7) is 9.76.